The molecule has 0 fully saturated rings. The zero-order valence-corrected chi connectivity index (χ0v) is 12.8. The van der Waals surface area contributed by atoms with E-state index in [4.69, 9.17) is 22.7 Å². The van der Waals surface area contributed by atoms with E-state index >= 15 is 0 Å². The van der Waals surface area contributed by atoms with E-state index in [0.29, 0.717) is 0 Å². The lowest BCUT2D eigenvalue weighted by Gasteiger charge is -2.14. The summed E-state index contributed by atoms with van der Waals surface area (Å²) in [5, 5.41) is 0. The summed E-state index contributed by atoms with van der Waals surface area (Å²) in [6.45, 7) is 3.22. The van der Waals surface area contributed by atoms with Crippen molar-refractivity contribution in [2.24, 2.45) is 5.73 Å². The van der Waals surface area contributed by atoms with Crippen molar-refractivity contribution in [2.75, 3.05) is 6.61 Å². The lowest BCUT2D eigenvalue weighted by Crippen LogP contribution is -2.40. The molecule has 0 radical (unpaired) electrons. The number of rotatable bonds is 6. The van der Waals surface area contributed by atoms with Gasteiger partial charge in [0.1, 0.15) is 11.0 Å². The van der Waals surface area contributed by atoms with Crippen molar-refractivity contribution in [1.82, 2.24) is 4.72 Å². The van der Waals surface area contributed by atoms with E-state index in [1.807, 2.05) is 0 Å². The number of carbonyl (C=O) groups is 1. The quantitative estimate of drug-likeness (QED) is 0.587. The van der Waals surface area contributed by atoms with Crippen molar-refractivity contribution in [1.29, 1.82) is 0 Å². The van der Waals surface area contributed by atoms with Crippen LogP contribution >= 0.6 is 12.2 Å². The van der Waals surface area contributed by atoms with Crippen molar-refractivity contribution >= 4 is 33.2 Å². The number of hydrogen-bond donors (Lipinski definition) is 2. The lowest BCUT2D eigenvalue weighted by molar-refractivity contribution is -0.144. The molecule has 0 aliphatic rings. The molecular formula is C12H16N2O4S2. The summed E-state index contributed by atoms with van der Waals surface area (Å²) < 4.78 is 31.5. The summed E-state index contributed by atoms with van der Waals surface area (Å²) in [6, 6.07) is 5.05. The van der Waals surface area contributed by atoms with Gasteiger partial charge >= 0.3 is 5.97 Å². The monoisotopic (exact) mass is 316 g/mol. The highest BCUT2D eigenvalue weighted by molar-refractivity contribution is 7.89. The molecular weight excluding hydrogens is 300 g/mol. The van der Waals surface area contributed by atoms with Crippen LogP contribution < -0.4 is 10.5 Å². The minimum Gasteiger partial charge on any atom is -0.465 e. The van der Waals surface area contributed by atoms with Gasteiger partial charge in [0.15, 0.2) is 0 Å². The van der Waals surface area contributed by atoms with Crippen molar-refractivity contribution in [2.45, 2.75) is 24.8 Å². The topological polar surface area (TPSA) is 98.5 Å². The van der Waals surface area contributed by atoms with Crippen LogP contribution in [-0.4, -0.2) is 32.0 Å². The Morgan fingerprint density at radius 1 is 1.45 bits per heavy atom. The molecule has 0 aliphatic carbocycles. The maximum absolute atomic E-state index is 12.2. The van der Waals surface area contributed by atoms with Crippen LogP contribution in [0.3, 0.4) is 0 Å². The Bertz CT molecular complexity index is 614. The van der Waals surface area contributed by atoms with Crippen LogP contribution in [0.15, 0.2) is 29.2 Å². The van der Waals surface area contributed by atoms with Gasteiger partial charge in [-0.25, -0.2) is 8.42 Å². The molecule has 1 rings (SSSR count). The van der Waals surface area contributed by atoms with Gasteiger partial charge < -0.3 is 10.5 Å². The molecule has 0 aliphatic heterocycles. The Hall–Kier alpha value is -1.51. The molecule has 0 heterocycles. The van der Waals surface area contributed by atoms with Crippen molar-refractivity contribution in [3.05, 3.63) is 29.8 Å². The Morgan fingerprint density at radius 2 is 2.05 bits per heavy atom. The zero-order valence-electron chi connectivity index (χ0n) is 11.1. The van der Waals surface area contributed by atoms with Gasteiger partial charge in [0, 0.05) is 5.56 Å². The Balaban J connectivity index is 3.06. The summed E-state index contributed by atoms with van der Waals surface area (Å²) in [7, 11) is -3.92. The second-order valence-electron chi connectivity index (χ2n) is 3.96. The first-order valence-electron chi connectivity index (χ1n) is 5.87. The number of sulfonamides is 1. The van der Waals surface area contributed by atoms with E-state index in [-0.39, 0.29) is 22.1 Å². The lowest BCUT2D eigenvalue weighted by atomic mass is 10.2. The standard InChI is InChI=1S/C12H16N2O4S2/c1-3-18-12(15)8(2)14-20(16,17)10-7-5-4-6-9(10)11(13)19/h4-8,14H,3H2,1-2H3,(H2,13,19). The largest absolute Gasteiger partial charge is 0.465 e. The predicted octanol–water partition coefficient (Wildman–Crippen LogP) is 0.551. The number of ether oxygens (including phenoxy) is 1. The van der Waals surface area contributed by atoms with E-state index in [9.17, 15) is 13.2 Å². The molecule has 8 heteroatoms. The molecule has 1 unspecified atom stereocenters. The SMILES string of the molecule is CCOC(=O)C(C)NS(=O)(=O)c1ccccc1C(N)=S. The first kappa shape index (κ1) is 16.5. The maximum atomic E-state index is 12.2. The first-order chi connectivity index (χ1) is 9.29. The van der Waals surface area contributed by atoms with Crippen LogP contribution in [-0.2, 0) is 19.6 Å². The molecule has 0 amide bonds. The fourth-order valence-electron chi connectivity index (χ4n) is 1.52. The van der Waals surface area contributed by atoms with Crippen LogP contribution in [0.5, 0.6) is 0 Å². The number of esters is 1. The number of nitrogens with two attached hydrogens (primary N) is 1. The highest BCUT2D eigenvalue weighted by Crippen LogP contribution is 2.15. The highest BCUT2D eigenvalue weighted by atomic mass is 32.2. The van der Waals surface area contributed by atoms with Crippen LogP contribution in [0.2, 0.25) is 0 Å². The van der Waals surface area contributed by atoms with Crippen LogP contribution in [0.1, 0.15) is 19.4 Å². The second kappa shape index (κ2) is 6.78. The molecule has 0 saturated heterocycles. The number of benzene rings is 1. The second-order valence-corrected chi connectivity index (χ2v) is 6.08. The molecule has 0 saturated carbocycles. The fourth-order valence-corrected chi connectivity index (χ4v) is 3.17. The third-order valence-electron chi connectivity index (χ3n) is 2.41. The minimum atomic E-state index is -3.92. The summed E-state index contributed by atoms with van der Waals surface area (Å²) in [6.07, 6.45) is 0. The number of thiocarbonyl (C=S) groups is 1. The highest BCUT2D eigenvalue weighted by Gasteiger charge is 2.25. The van der Waals surface area contributed by atoms with Crippen molar-refractivity contribution in [3.63, 3.8) is 0 Å². The summed E-state index contributed by atoms with van der Waals surface area (Å²) >= 11 is 4.82. The minimum absolute atomic E-state index is 0.0326. The third-order valence-corrected chi connectivity index (χ3v) is 4.23. The average Bonchev–Trinajstić information content (AvgIpc) is 2.38. The van der Waals surface area contributed by atoms with Crippen molar-refractivity contribution in [3.8, 4) is 0 Å². The summed E-state index contributed by atoms with van der Waals surface area (Å²) in [5.74, 6) is -0.649. The van der Waals surface area contributed by atoms with Gasteiger partial charge in [-0.05, 0) is 19.9 Å². The fraction of sp³-hybridized carbons (Fsp3) is 0.333. The number of carbonyl (C=O) groups excluding carboxylic acids is 1. The average molecular weight is 316 g/mol. The normalized spacial score (nSPS) is 12.7. The van der Waals surface area contributed by atoms with Gasteiger partial charge in [-0.15, -0.1) is 0 Å². The molecule has 1 aromatic carbocycles. The molecule has 110 valence electrons. The summed E-state index contributed by atoms with van der Waals surface area (Å²) in [4.78, 5) is 11.4. The van der Waals surface area contributed by atoms with E-state index in [0.717, 1.165) is 0 Å². The molecule has 0 aromatic heterocycles. The molecule has 3 N–H and O–H groups in total. The molecule has 1 aromatic rings. The van der Waals surface area contributed by atoms with Gasteiger partial charge in [0.2, 0.25) is 10.0 Å². The van der Waals surface area contributed by atoms with E-state index in [2.05, 4.69) is 4.72 Å². The summed E-state index contributed by atoms with van der Waals surface area (Å²) in [5.41, 5.74) is 5.72. The van der Waals surface area contributed by atoms with Crippen LogP contribution in [0, 0.1) is 0 Å². The van der Waals surface area contributed by atoms with Gasteiger partial charge in [0.05, 0.1) is 11.5 Å². The molecule has 0 bridgehead atoms. The van der Waals surface area contributed by atoms with E-state index < -0.39 is 22.0 Å². The van der Waals surface area contributed by atoms with Gasteiger partial charge in [0.25, 0.3) is 0 Å². The smallest absolute Gasteiger partial charge is 0.323 e. The Labute approximate surface area is 123 Å². The van der Waals surface area contributed by atoms with Crippen LogP contribution in [0.25, 0.3) is 0 Å². The van der Waals surface area contributed by atoms with Gasteiger partial charge in [-0.2, -0.15) is 4.72 Å². The number of nitrogens with one attached hydrogen (secondary N) is 1. The maximum Gasteiger partial charge on any atom is 0.323 e. The molecule has 0 spiro atoms. The first-order valence-corrected chi connectivity index (χ1v) is 7.76. The Morgan fingerprint density at radius 3 is 2.60 bits per heavy atom. The molecule has 20 heavy (non-hydrogen) atoms. The van der Waals surface area contributed by atoms with E-state index in [1.165, 1.54) is 19.1 Å². The molecule has 6 nitrogen and oxygen atoms in total. The zero-order chi connectivity index (χ0) is 15.3. The number of hydrogen-bond acceptors (Lipinski definition) is 5. The van der Waals surface area contributed by atoms with Gasteiger partial charge in [-0.1, -0.05) is 30.4 Å². The molecule has 1 atom stereocenters. The third kappa shape index (κ3) is 3.99. The van der Waals surface area contributed by atoms with Crippen molar-refractivity contribution < 1.29 is 17.9 Å². The predicted molar refractivity (Wildman–Crippen MR) is 78.7 cm³/mol. The van der Waals surface area contributed by atoms with Gasteiger partial charge in [-0.3, -0.25) is 4.79 Å². The van der Waals surface area contributed by atoms with Crippen LogP contribution in [0.4, 0.5) is 0 Å². The van der Waals surface area contributed by atoms with E-state index in [1.54, 1.807) is 19.1 Å². The Kier molecular flexibility index (Phi) is 5.61.